The highest BCUT2D eigenvalue weighted by atomic mass is 16.3. The maximum Gasteiger partial charge on any atom is 0.164 e. The van der Waals surface area contributed by atoms with Crippen LogP contribution in [0, 0.1) is 0 Å². The van der Waals surface area contributed by atoms with Crippen molar-refractivity contribution in [2.45, 2.75) is 11.8 Å². The molecule has 2 atom stereocenters. The molecule has 0 spiro atoms. The van der Waals surface area contributed by atoms with Gasteiger partial charge in [0.25, 0.3) is 0 Å². The summed E-state index contributed by atoms with van der Waals surface area (Å²) in [5, 5.41) is 4.31. The molecule has 236 valence electrons. The largest absolute Gasteiger partial charge is 0.456 e. The number of hydrogen-bond acceptors (Lipinski definition) is 5. The number of hydrogen-bond donors (Lipinski definition) is 0. The van der Waals surface area contributed by atoms with Gasteiger partial charge in [-0.25, -0.2) is 15.0 Å². The number of benzene rings is 6. The third-order valence-electron chi connectivity index (χ3n) is 9.77. The number of allylic oxidation sites excluding steroid dienone is 4. The van der Waals surface area contributed by atoms with Crippen LogP contribution in [0.25, 0.3) is 77.8 Å². The van der Waals surface area contributed by atoms with E-state index in [2.05, 4.69) is 85.0 Å². The van der Waals surface area contributed by atoms with E-state index in [-0.39, 0.29) is 11.8 Å². The van der Waals surface area contributed by atoms with Gasteiger partial charge < -0.3 is 8.83 Å². The normalized spacial score (nSPS) is 15.8. The Balaban J connectivity index is 1.09. The van der Waals surface area contributed by atoms with E-state index in [9.17, 15) is 0 Å². The fraction of sp³-hybridized carbons (Fsp3) is 0.0444. The summed E-state index contributed by atoms with van der Waals surface area (Å²) in [5.41, 5.74) is 8.80. The van der Waals surface area contributed by atoms with Gasteiger partial charge in [0.15, 0.2) is 11.6 Å². The van der Waals surface area contributed by atoms with Gasteiger partial charge in [-0.05, 0) is 41.0 Å². The van der Waals surface area contributed by atoms with Crippen LogP contribution in [-0.2, 0) is 0 Å². The van der Waals surface area contributed by atoms with Crippen LogP contribution in [0.1, 0.15) is 23.2 Å². The van der Waals surface area contributed by atoms with E-state index in [0.717, 1.165) is 72.0 Å². The van der Waals surface area contributed by atoms with E-state index in [1.165, 1.54) is 5.56 Å². The Kier molecular flexibility index (Phi) is 6.56. The molecule has 0 bridgehead atoms. The van der Waals surface area contributed by atoms with Crippen LogP contribution in [0.4, 0.5) is 0 Å². The molecule has 0 aliphatic heterocycles. The summed E-state index contributed by atoms with van der Waals surface area (Å²) in [6.07, 6.45) is 8.67. The monoisotopic (exact) mass is 643 g/mol. The molecule has 3 aromatic heterocycles. The molecule has 0 radical (unpaired) electrons. The van der Waals surface area contributed by atoms with Crippen molar-refractivity contribution in [3.8, 4) is 33.9 Å². The van der Waals surface area contributed by atoms with Crippen LogP contribution in [0.5, 0.6) is 0 Å². The van der Waals surface area contributed by atoms with Gasteiger partial charge >= 0.3 is 0 Å². The van der Waals surface area contributed by atoms with Gasteiger partial charge in [0, 0.05) is 44.5 Å². The van der Waals surface area contributed by atoms with Crippen molar-refractivity contribution in [2.75, 3.05) is 0 Å². The first-order chi connectivity index (χ1) is 24.8. The zero-order valence-corrected chi connectivity index (χ0v) is 26.9. The topological polar surface area (TPSA) is 65.0 Å². The summed E-state index contributed by atoms with van der Waals surface area (Å²) < 4.78 is 12.4. The number of fused-ring (bicyclic) bond motifs is 6. The highest BCUT2D eigenvalue weighted by Crippen LogP contribution is 2.41. The molecule has 0 N–H and O–H groups in total. The molecule has 1 aliphatic carbocycles. The fourth-order valence-electron chi connectivity index (χ4n) is 7.41. The number of rotatable bonds is 5. The smallest absolute Gasteiger partial charge is 0.164 e. The van der Waals surface area contributed by atoms with E-state index >= 15 is 0 Å². The van der Waals surface area contributed by atoms with E-state index < -0.39 is 0 Å². The van der Waals surface area contributed by atoms with Gasteiger partial charge in [-0.3, -0.25) is 0 Å². The van der Waals surface area contributed by atoms with E-state index in [1.54, 1.807) is 0 Å². The van der Waals surface area contributed by atoms with Crippen molar-refractivity contribution < 1.29 is 8.83 Å². The van der Waals surface area contributed by atoms with Crippen LogP contribution in [0.15, 0.2) is 173 Å². The van der Waals surface area contributed by atoms with Crippen LogP contribution in [0.3, 0.4) is 0 Å². The zero-order valence-electron chi connectivity index (χ0n) is 26.9. The van der Waals surface area contributed by atoms with Crippen molar-refractivity contribution in [1.82, 2.24) is 15.0 Å². The lowest BCUT2D eigenvalue weighted by atomic mass is 9.82. The maximum atomic E-state index is 6.24. The Labute approximate surface area is 287 Å². The zero-order chi connectivity index (χ0) is 33.0. The Morgan fingerprint density at radius 3 is 1.66 bits per heavy atom. The Morgan fingerprint density at radius 2 is 0.960 bits per heavy atom. The van der Waals surface area contributed by atoms with Gasteiger partial charge in [-0.2, -0.15) is 0 Å². The average Bonchev–Trinajstić information content (AvgIpc) is 3.77. The lowest BCUT2D eigenvalue weighted by Gasteiger charge is -2.24. The minimum Gasteiger partial charge on any atom is -0.456 e. The van der Waals surface area contributed by atoms with Gasteiger partial charge in [0.05, 0.1) is 0 Å². The van der Waals surface area contributed by atoms with Gasteiger partial charge in [-0.1, -0.05) is 140 Å². The molecule has 5 heteroatoms. The molecule has 2 unspecified atom stereocenters. The van der Waals surface area contributed by atoms with Crippen LogP contribution < -0.4 is 0 Å². The molecule has 0 fully saturated rings. The second-order valence-electron chi connectivity index (χ2n) is 12.7. The molecule has 50 heavy (non-hydrogen) atoms. The number of aromatic nitrogens is 3. The van der Waals surface area contributed by atoms with Crippen LogP contribution in [0.2, 0.25) is 0 Å². The first-order valence-corrected chi connectivity index (χ1v) is 16.9. The quantitative estimate of drug-likeness (QED) is 0.187. The third kappa shape index (κ3) is 4.66. The number of nitrogens with zero attached hydrogens (tertiary/aromatic N) is 3. The molecule has 6 aromatic carbocycles. The number of para-hydroxylation sites is 2. The summed E-state index contributed by atoms with van der Waals surface area (Å²) in [7, 11) is 0. The summed E-state index contributed by atoms with van der Waals surface area (Å²) in [6, 6.07) is 47.8. The molecule has 9 aromatic rings. The summed E-state index contributed by atoms with van der Waals surface area (Å²) >= 11 is 0. The van der Waals surface area contributed by atoms with E-state index in [1.807, 2.05) is 78.9 Å². The Hall–Kier alpha value is -6.59. The lowest BCUT2D eigenvalue weighted by molar-refractivity contribution is 0.668. The predicted octanol–water partition coefficient (Wildman–Crippen LogP) is 11.7. The summed E-state index contributed by atoms with van der Waals surface area (Å²) in [6.45, 7) is 0. The molecule has 0 amide bonds. The first-order valence-electron chi connectivity index (χ1n) is 16.9. The minimum atomic E-state index is -0.100. The predicted molar refractivity (Wildman–Crippen MR) is 201 cm³/mol. The minimum absolute atomic E-state index is 0.0315. The van der Waals surface area contributed by atoms with E-state index in [0.29, 0.717) is 11.6 Å². The lowest BCUT2D eigenvalue weighted by Crippen LogP contribution is -2.15. The molecule has 1 aliphatic rings. The van der Waals surface area contributed by atoms with Crippen molar-refractivity contribution in [3.63, 3.8) is 0 Å². The number of furan rings is 2. The maximum absolute atomic E-state index is 6.24. The summed E-state index contributed by atoms with van der Waals surface area (Å²) in [5.74, 6) is 1.93. The standard InChI is InChI=1S/C45H29N3O2/c1-2-12-30(13-3-1)43-46-44(48-45(47-43)36-19-11-23-40-42(36)35-17-7-9-21-38(35)50-40)33-15-5-4-14-31(33)28-24-26-29(27-25-28)32-18-10-22-39-41(32)34-16-6-8-20-37(34)49-39/h1-27,31,33H. The molecule has 5 nitrogen and oxygen atoms in total. The average molecular weight is 644 g/mol. The second kappa shape index (κ2) is 11.5. The van der Waals surface area contributed by atoms with E-state index in [4.69, 9.17) is 23.8 Å². The van der Waals surface area contributed by atoms with Crippen molar-refractivity contribution in [2.24, 2.45) is 0 Å². The van der Waals surface area contributed by atoms with Crippen molar-refractivity contribution in [3.05, 3.63) is 175 Å². The second-order valence-corrected chi connectivity index (χ2v) is 12.7. The Bertz CT molecular complexity index is 2770. The first kappa shape index (κ1) is 28.4. The third-order valence-corrected chi connectivity index (χ3v) is 9.77. The molecule has 3 heterocycles. The SMILES string of the molecule is C1=CC(c2ccc(-c3cccc4oc5ccccc5c34)cc2)C(c2nc(-c3ccccc3)nc(-c3cccc4oc5ccccc5c34)n2)C=C1. The highest BCUT2D eigenvalue weighted by Gasteiger charge is 2.27. The fourth-order valence-corrected chi connectivity index (χ4v) is 7.41. The van der Waals surface area contributed by atoms with Crippen LogP contribution in [-0.4, -0.2) is 15.0 Å². The molecule has 10 rings (SSSR count). The van der Waals surface area contributed by atoms with Crippen LogP contribution >= 0.6 is 0 Å². The molecule has 0 saturated carbocycles. The molecule has 0 saturated heterocycles. The molecular weight excluding hydrogens is 615 g/mol. The van der Waals surface area contributed by atoms with Gasteiger partial charge in [-0.15, -0.1) is 0 Å². The summed E-state index contributed by atoms with van der Waals surface area (Å²) in [4.78, 5) is 15.4. The highest BCUT2D eigenvalue weighted by molar-refractivity contribution is 6.13. The van der Waals surface area contributed by atoms with Gasteiger partial charge in [0.2, 0.25) is 0 Å². The Morgan fingerprint density at radius 1 is 0.400 bits per heavy atom. The van der Waals surface area contributed by atoms with Gasteiger partial charge in [0.1, 0.15) is 28.2 Å². The van der Waals surface area contributed by atoms with Crippen molar-refractivity contribution >= 4 is 43.9 Å². The molecular formula is C45H29N3O2. The van der Waals surface area contributed by atoms with Crippen molar-refractivity contribution in [1.29, 1.82) is 0 Å².